The molecule has 4 nitrogen and oxygen atoms in total. The zero-order valence-electron chi connectivity index (χ0n) is 13.1. The average Bonchev–Trinajstić information content (AvgIpc) is 3.26. The van der Waals surface area contributed by atoms with Crippen molar-refractivity contribution in [2.75, 3.05) is 6.54 Å². The molecule has 0 aliphatic rings. The third kappa shape index (κ3) is 4.67. The van der Waals surface area contributed by atoms with Gasteiger partial charge in [-0.25, -0.2) is 0 Å². The summed E-state index contributed by atoms with van der Waals surface area (Å²) in [5.41, 5.74) is 2.20. The summed E-state index contributed by atoms with van der Waals surface area (Å²) in [6.07, 6.45) is 1.85. The fraction of sp³-hybridized carbons (Fsp3) is 0.176. The van der Waals surface area contributed by atoms with Crippen LogP contribution in [0.2, 0.25) is 0 Å². The highest BCUT2D eigenvalue weighted by atomic mass is 32.2. The molecule has 3 aromatic rings. The molecular weight excluding hydrogens is 364 g/mol. The summed E-state index contributed by atoms with van der Waals surface area (Å²) in [5, 5.41) is 11.2. The normalized spacial score (nSPS) is 11.0. The number of amides is 1. The minimum atomic E-state index is -2.56. The number of alkyl halides is 2. The SMILES string of the molecule is O=C(NCCn1ccc(-c2ccsc2)n1)c1ccccc1SC(F)F. The van der Waals surface area contributed by atoms with Crippen LogP contribution in [0.15, 0.2) is 58.3 Å². The zero-order valence-corrected chi connectivity index (χ0v) is 14.7. The largest absolute Gasteiger partial charge is 0.350 e. The smallest absolute Gasteiger partial charge is 0.288 e. The van der Waals surface area contributed by atoms with Gasteiger partial charge in [0.05, 0.1) is 17.8 Å². The summed E-state index contributed by atoms with van der Waals surface area (Å²) >= 11 is 1.98. The number of halogens is 2. The molecule has 0 saturated carbocycles. The maximum absolute atomic E-state index is 12.6. The Balaban J connectivity index is 1.57. The van der Waals surface area contributed by atoms with Crippen LogP contribution in [0.25, 0.3) is 11.3 Å². The van der Waals surface area contributed by atoms with Gasteiger partial charge >= 0.3 is 0 Å². The van der Waals surface area contributed by atoms with Crippen molar-refractivity contribution in [2.24, 2.45) is 0 Å². The molecule has 0 unspecified atom stereocenters. The van der Waals surface area contributed by atoms with Gasteiger partial charge in [0, 0.05) is 28.6 Å². The van der Waals surface area contributed by atoms with Crippen molar-refractivity contribution in [1.82, 2.24) is 15.1 Å². The Hall–Kier alpha value is -2.19. The van der Waals surface area contributed by atoms with E-state index in [2.05, 4.69) is 10.4 Å². The highest BCUT2D eigenvalue weighted by Gasteiger charge is 2.14. The van der Waals surface area contributed by atoms with Crippen LogP contribution in [0.4, 0.5) is 8.78 Å². The molecule has 0 aliphatic carbocycles. The molecule has 2 heterocycles. The molecule has 0 radical (unpaired) electrons. The molecule has 1 N–H and O–H groups in total. The van der Waals surface area contributed by atoms with E-state index in [4.69, 9.17) is 0 Å². The van der Waals surface area contributed by atoms with Crippen molar-refractivity contribution < 1.29 is 13.6 Å². The zero-order chi connectivity index (χ0) is 17.6. The number of carbonyl (C=O) groups is 1. The van der Waals surface area contributed by atoms with Crippen LogP contribution in [0, 0.1) is 0 Å². The van der Waals surface area contributed by atoms with E-state index in [1.54, 1.807) is 34.2 Å². The van der Waals surface area contributed by atoms with E-state index in [9.17, 15) is 13.6 Å². The van der Waals surface area contributed by atoms with E-state index < -0.39 is 5.76 Å². The number of thioether (sulfide) groups is 1. The van der Waals surface area contributed by atoms with Crippen molar-refractivity contribution in [2.45, 2.75) is 17.2 Å². The maximum Gasteiger partial charge on any atom is 0.288 e. The molecule has 0 aliphatic heterocycles. The lowest BCUT2D eigenvalue weighted by Crippen LogP contribution is -2.27. The van der Waals surface area contributed by atoms with Gasteiger partial charge in [0.15, 0.2) is 0 Å². The van der Waals surface area contributed by atoms with Crippen molar-refractivity contribution >= 4 is 29.0 Å². The molecule has 130 valence electrons. The van der Waals surface area contributed by atoms with Crippen LogP contribution >= 0.6 is 23.1 Å². The van der Waals surface area contributed by atoms with Gasteiger partial charge in [0.25, 0.3) is 11.7 Å². The Labute approximate surface area is 151 Å². The van der Waals surface area contributed by atoms with Gasteiger partial charge in [-0.15, -0.1) is 0 Å². The number of aromatic nitrogens is 2. The Morgan fingerprint density at radius 1 is 1.28 bits per heavy atom. The number of thiophene rings is 1. The first kappa shape index (κ1) is 17.6. The average molecular weight is 379 g/mol. The standard InChI is InChI=1S/C17H15F2N3OS2/c18-17(19)25-15-4-2-1-3-13(15)16(23)20-7-9-22-8-5-14(21-22)12-6-10-24-11-12/h1-6,8,10-11,17H,7,9H2,(H,20,23). The highest BCUT2D eigenvalue weighted by Crippen LogP contribution is 2.28. The van der Waals surface area contributed by atoms with Crippen molar-refractivity contribution in [3.05, 3.63) is 58.9 Å². The number of hydrogen-bond acceptors (Lipinski definition) is 4. The van der Waals surface area contributed by atoms with Crippen LogP contribution < -0.4 is 5.32 Å². The van der Waals surface area contributed by atoms with Crippen LogP contribution in [0.5, 0.6) is 0 Å². The Bertz CT molecular complexity index is 834. The molecule has 1 aromatic carbocycles. The summed E-state index contributed by atoms with van der Waals surface area (Å²) < 4.78 is 26.9. The maximum atomic E-state index is 12.6. The molecule has 3 rings (SSSR count). The molecule has 0 spiro atoms. The lowest BCUT2D eigenvalue weighted by Gasteiger charge is -2.09. The van der Waals surface area contributed by atoms with E-state index in [1.807, 2.05) is 29.1 Å². The monoisotopic (exact) mass is 379 g/mol. The summed E-state index contributed by atoms with van der Waals surface area (Å²) in [6, 6.07) is 10.3. The summed E-state index contributed by atoms with van der Waals surface area (Å²) in [7, 11) is 0. The quantitative estimate of drug-likeness (QED) is 0.621. The van der Waals surface area contributed by atoms with Crippen LogP contribution in [-0.2, 0) is 6.54 Å². The first-order chi connectivity index (χ1) is 12.1. The van der Waals surface area contributed by atoms with E-state index in [1.165, 1.54) is 6.07 Å². The lowest BCUT2D eigenvalue weighted by atomic mass is 10.2. The van der Waals surface area contributed by atoms with Crippen LogP contribution in [0.1, 0.15) is 10.4 Å². The van der Waals surface area contributed by atoms with Crippen molar-refractivity contribution in [3.63, 3.8) is 0 Å². The molecule has 0 fully saturated rings. The topological polar surface area (TPSA) is 46.9 Å². The van der Waals surface area contributed by atoms with Gasteiger partial charge in [-0.1, -0.05) is 23.9 Å². The molecule has 0 bridgehead atoms. The number of nitrogens with zero attached hydrogens (tertiary/aromatic N) is 2. The second-order valence-electron chi connectivity index (χ2n) is 5.11. The van der Waals surface area contributed by atoms with Gasteiger partial charge in [0.1, 0.15) is 0 Å². The second-order valence-corrected chi connectivity index (χ2v) is 6.92. The third-order valence-corrected chi connectivity index (χ3v) is 4.90. The Kier molecular flexibility index (Phi) is 5.83. The van der Waals surface area contributed by atoms with Gasteiger partial charge < -0.3 is 5.32 Å². The van der Waals surface area contributed by atoms with E-state index in [-0.39, 0.29) is 16.4 Å². The van der Waals surface area contributed by atoms with Gasteiger partial charge in [-0.2, -0.15) is 25.2 Å². The first-order valence-corrected chi connectivity index (χ1v) is 9.34. The molecule has 1 amide bonds. The predicted octanol–water partition coefficient (Wildman–Crippen LogP) is 4.36. The van der Waals surface area contributed by atoms with Crippen LogP contribution in [0.3, 0.4) is 0 Å². The Morgan fingerprint density at radius 3 is 2.88 bits per heavy atom. The molecule has 0 saturated heterocycles. The van der Waals surface area contributed by atoms with Gasteiger partial charge in [0.2, 0.25) is 0 Å². The summed E-state index contributed by atoms with van der Waals surface area (Å²) in [6.45, 7) is 0.858. The summed E-state index contributed by atoms with van der Waals surface area (Å²) in [4.78, 5) is 12.5. The second kappa shape index (κ2) is 8.26. The lowest BCUT2D eigenvalue weighted by molar-refractivity contribution is 0.0949. The fourth-order valence-electron chi connectivity index (χ4n) is 2.28. The number of benzene rings is 1. The first-order valence-electron chi connectivity index (χ1n) is 7.51. The molecule has 8 heteroatoms. The highest BCUT2D eigenvalue weighted by molar-refractivity contribution is 7.99. The predicted molar refractivity (Wildman–Crippen MR) is 96.2 cm³/mol. The van der Waals surface area contributed by atoms with Gasteiger partial charge in [-0.05, 0) is 29.6 Å². The van der Waals surface area contributed by atoms with E-state index in [0.29, 0.717) is 24.9 Å². The molecule has 2 aromatic heterocycles. The summed E-state index contributed by atoms with van der Waals surface area (Å²) in [5.74, 6) is -2.93. The van der Waals surface area contributed by atoms with Crippen molar-refractivity contribution in [3.8, 4) is 11.3 Å². The Morgan fingerprint density at radius 2 is 2.12 bits per heavy atom. The molecule has 0 atom stereocenters. The number of nitrogens with one attached hydrogen (secondary N) is 1. The molecule has 25 heavy (non-hydrogen) atoms. The molecular formula is C17H15F2N3OS2. The van der Waals surface area contributed by atoms with Crippen molar-refractivity contribution in [1.29, 1.82) is 0 Å². The minimum Gasteiger partial charge on any atom is -0.350 e. The van der Waals surface area contributed by atoms with E-state index >= 15 is 0 Å². The third-order valence-electron chi connectivity index (χ3n) is 3.43. The number of carbonyl (C=O) groups excluding carboxylic acids is 1. The minimum absolute atomic E-state index is 0.257. The number of hydrogen-bond donors (Lipinski definition) is 1. The van der Waals surface area contributed by atoms with Crippen LogP contribution in [-0.4, -0.2) is 28.0 Å². The van der Waals surface area contributed by atoms with Gasteiger partial charge in [-0.3, -0.25) is 9.48 Å². The fourth-order valence-corrected chi connectivity index (χ4v) is 3.57. The van der Waals surface area contributed by atoms with E-state index in [0.717, 1.165) is 11.3 Å². The number of rotatable bonds is 7.